The molecule has 0 aliphatic carbocycles. The van der Waals surface area contributed by atoms with Crippen LogP contribution in [-0.4, -0.2) is 72.3 Å². The molecule has 10 nitrogen and oxygen atoms in total. The predicted octanol–water partition coefficient (Wildman–Crippen LogP) is -2.16. The Bertz CT molecular complexity index is 619. The summed E-state index contributed by atoms with van der Waals surface area (Å²) in [7, 11) is 1.44. The Labute approximate surface area is 112 Å². The van der Waals surface area contributed by atoms with E-state index in [0.29, 0.717) is 11.2 Å². The summed E-state index contributed by atoms with van der Waals surface area (Å²) in [6, 6.07) is 0. The van der Waals surface area contributed by atoms with Crippen LogP contribution in [0.2, 0.25) is 0 Å². The maximum Gasteiger partial charge on any atom is 0.247 e. The molecule has 1 aliphatic rings. The maximum absolute atomic E-state index is 9.97. The van der Waals surface area contributed by atoms with E-state index in [1.54, 1.807) is 0 Å². The zero-order valence-electron chi connectivity index (χ0n) is 10.5. The van der Waals surface area contributed by atoms with Crippen molar-refractivity contribution in [1.29, 1.82) is 0 Å². The molecule has 10 heteroatoms. The highest BCUT2D eigenvalue weighted by Crippen LogP contribution is 2.31. The second-order valence-electron chi connectivity index (χ2n) is 4.32. The summed E-state index contributed by atoms with van der Waals surface area (Å²) in [5, 5.41) is 36.5. The van der Waals surface area contributed by atoms with Crippen LogP contribution >= 0.6 is 0 Å². The number of aliphatic hydroxyl groups excluding tert-OH is 3. The van der Waals surface area contributed by atoms with Crippen molar-refractivity contribution in [2.24, 2.45) is 0 Å². The molecule has 108 valence electrons. The van der Waals surface area contributed by atoms with Crippen LogP contribution in [0.15, 0.2) is 6.33 Å². The van der Waals surface area contributed by atoms with Crippen LogP contribution in [0.3, 0.4) is 0 Å². The van der Waals surface area contributed by atoms with E-state index in [9.17, 15) is 10.2 Å². The lowest BCUT2D eigenvalue weighted by molar-refractivity contribution is -0.0574. The molecule has 3 rings (SSSR count). The van der Waals surface area contributed by atoms with E-state index in [2.05, 4.69) is 20.3 Å². The SMILES string of the molecule is COc1ncnc2c1nnn2[C@@H]1O[C@H](CO)[C@@H](O)[C@H]1O. The van der Waals surface area contributed by atoms with Crippen LogP contribution in [0.5, 0.6) is 5.88 Å². The van der Waals surface area contributed by atoms with Crippen molar-refractivity contribution < 1.29 is 24.8 Å². The number of methoxy groups -OCH3 is 1. The van der Waals surface area contributed by atoms with E-state index in [1.807, 2.05) is 0 Å². The highest BCUT2D eigenvalue weighted by atomic mass is 16.6. The third-order valence-corrected chi connectivity index (χ3v) is 3.18. The maximum atomic E-state index is 9.97. The summed E-state index contributed by atoms with van der Waals surface area (Å²) in [6.07, 6.45) is -3.08. The molecule has 0 unspecified atom stereocenters. The number of hydrogen-bond acceptors (Lipinski definition) is 9. The molecule has 0 bridgehead atoms. The molecule has 3 heterocycles. The Morgan fingerprint density at radius 2 is 2.15 bits per heavy atom. The van der Waals surface area contributed by atoms with Crippen molar-refractivity contribution in [2.75, 3.05) is 13.7 Å². The lowest BCUT2D eigenvalue weighted by atomic mass is 10.1. The van der Waals surface area contributed by atoms with Crippen molar-refractivity contribution in [3.63, 3.8) is 0 Å². The van der Waals surface area contributed by atoms with Gasteiger partial charge in [0.2, 0.25) is 5.88 Å². The topological polar surface area (TPSA) is 136 Å². The van der Waals surface area contributed by atoms with Crippen LogP contribution in [0.25, 0.3) is 11.2 Å². The number of ether oxygens (including phenoxy) is 2. The molecule has 1 aliphatic heterocycles. The van der Waals surface area contributed by atoms with Gasteiger partial charge in [-0.3, -0.25) is 0 Å². The van der Waals surface area contributed by atoms with E-state index < -0.39 is 31.1 Å². The molecule has 0 radical (unpaired) electrons. The molecule has 1 fully saturated rings. The third kappa shape index (κ3) is 1.81. The van der Waals surface area contributed by atoms with Gasteiger partial charge in [-0.15, -0.1) is 5.10 Å². The molecular weight excluding hydrogens is 270 g/mol. The van der Waals surface area contributed by atoms with Crippen molar-refractivity contribution in [1.82, 2.24) is 25.0 Å². The largest absolute Gasteiger partial charge is 0.479 e. The first kappa shape index (κ1) is 13.1. The van der Waals surface area contributed by atoms with Gasteiger partial charge in [0.15, 0.2) is 17.4 Å². The molecule has 4 atom stereocenters. The number of fused-ring (bicyclic) bond motifs is 1. The first-order chi connectivity index (χ1) is 9.67. The van der Waals surface area contributed by atoms with Gasteiger partial charge in [0.25, 0.3) is 0 Å². The normalized spacial score (nSPS) is 30.0. The first-order valence-electron chi connectivity index (χ1n) is 5.89. The van der Waals surface area contributed by atoms with Crippen molar-refractivity contribution >= 4 is 11.2 Å². The van der Waals surface area contributed by atoms with E-state index in [0.717, 1.165) is 0 Å². The minimum absolute atomic E-state index is 0.244. The van der Waals surface area contributed by atoms with Gasteiger partial charge >= 0.3 is 0 Å². The highest BCUT2D eigenvalue weighted by molar-refractivity contribution is 5.74. The first-order valence-corrected chi connectivity index (χ1v) is 5.89. The summed E-state index contributed by atoms with van der Waals surface area (Å²) < 4.78 is 11.6. The molecule has 2 aromatic rings. The van der Waals surface area contributed by atoms with E-state index in [1.165, 1.54) is 18.1 Å². The summed E-state index contributed by atoms with van der Waals surface area (Å²) in [5.74, 6) is 0.244. The minimum atomic E-state index is -1.25. The zero-order chi connectivity index (χ0) is 14.3. The van der Waals surface area contributed by atoms with Crippen molar-refractivity contribution in [3.8, 4) is 5.88 Å². The molecule has 3 N–H and O–H groups in total. The molecule has 20 heavy (non-hydrogen) atoms. The molecule has 0 aromatic carbocycles. The van der Waals surface area contributed by atoms with Crippen LogP contribution in [0.4, 0.5) is 0 Å². The Hall–Kier alpha value is -1.88. The number of nitrogens with zero attached hydrogens (tertiary/aromatic N) is 5. The quantitative estimate of drug-likeness (QED) is 0.575. The smallest absolute Gasteiger partial charge is 0.247 e. The van der Waals surface area contributed by atoms with Gasteiger partial charge in [0.1, 0.15) is 24.6 Å². The lowest BCUT2D eigenvalue weighted by Gasteiger charge is -2.14. The summed E-state index contributed by atoms with van der Waals surface area (Å²) in [4.78, 5) is 7.90. The summed E-state index contributed by atoms with van der Waals surface area (Å²) >= 11 is 0. The Morgan fingerprint density at radius 3 is 2.80 bits per heavy atom. The van der Waals surface area contributed by atoms with Crippen LogP contribution in [0.1, 0.15) is 6.23 Å². The number of aliphatic hydroxyl groups is 3. The van der Waals surface area contributed by atoms with Crippen LogP contribution in [0, 0.1) is 0 Å². The van der Waals surface area contributed by atoms with Gasteiger partial charge in [-0.25, -0.2) is 4.98 Å². The van der Waals surface area contributed by atoms with Gasteiger partial charge in [-0.2, -0.15) is 9.67 Å². The fraction of sp³-hybridized carbons (Fsp3) is 0.600. The predicted molar refractivity (Wildman–Crippen MR) is 62.7 cm³/mol. The van der Waals surface area contributed by atoms with Gasteiger partial charge in [-0.05, 0) is 0 Å². The van der Waals surface area contributed by atoms with Crippen LogP contribution in [-0.2, 0) is 4.74 Å². The van der Waals surface area contributed by atoms with Gasteiger partial charge in [-0.1, -0.05) is 5.21 Å². The van der Waals surface area contributed by atoms with E-state index in [-0.39, 0.29) is 5.88 Å². The third-order valence-electron chi connectivity index (χ3n) is 3.18. The molecule has 2 aromatic heterocycles. The van der Waals surface area contributed by atoms with Crippen LogP contribution < -0.4 is 4.74 Å². The zero-order valence-corrected chi connectivity index (χ0v) is 10.5. The molecule has 0 amide bonds. The molecule has 1 saturated heterocycles. The Kier molecular flexibility index (Phi) is 3.22. The minimum Gasteiger partial charge on any atom is -0.479 e. The van der Waals surface area contributed by atoms with Crippen molar-refractivity contribution in [2.45, 2.75) is 24.5 Å². The standard InChI is InChI=1S/C10H13N5O5/c1-19-9-5-8(11-3-12-9)15(14-13-5)10-7(18)6(17)4(2-16)20-10/h3-4,6-7,10,16-18H,2H2,1H3/t4-,6-,7-,10-/m1/s1. The fourth-order valence-electron chi connectivity index (χ4n) is 2.15. The number of rotatable bonds is 3. The number of aromatic nitrogens is 5. The Balaban J connectivity index is 2.03. The second kappa shape index (κ2) is 4.90. The summed E-state index contributed by atoms with van der Waals surface area (Å²) in [5.41, 5.74) is 0.611. The van der Waals surface area contributed by atoms with Gasteiger partial charge in [0.05, 0.1) is 13.7 Å². The monoisotopic (exact) mass is 283 g/mol. The molecule has 0 spiro atoms. The fourth-order valence-corrected chi connectivity index (χ4v) is 2.15. The molecular formula is C10H13N5O5. The summed E-state index contributed by atoms with van der Waals surface area (Å²) in [6.45, 7) is -0.417. The lowest BCUT2D eigenvalue weighted by Crippen LogP contribution is -2.33. The highest BCUT2D eigenvalue weighted by Gasteiger charge is 2.44. The second-order valence-corrected chi connectivity index (χ2v) is 4.32. The van der Waals surface area contributed by atoms with Gasteiger partial charge in [0, 0.05) is 0 Å². The average Bonchev–Trinajstić information content (AvgIpc) is 3.01. The van der Waals surface area contributed by atoms with E-state index in [4.69, 9.17) is 14.6 Å². The molecule has 0 saturated carbocycles. The van der Waals surface area contributed by atoms with Gasteiger partial charge < -0.3 is 24.8 Å². The van der Waals surface area contributed by atoms with E-state index >= 15 is 0 Å². The van der Waals surface area contributed by atoms with Crippen molar-refractivity contribution in [3.05, 3.63) is 6.33 Å². The Morgan fingerprint density at radius 1 is 1.35 bits per heavy atom. The number of hydrogen-bond donors (Lipinski definition) is 3. The average molecular weight is 283 g/mol.